The summed E-state index contributed by atoms with van der Waals surface area (Å²) in [7, 11) is 1.27. The van der Waals surface area contributed by atoms with Crippen LogP contribution in [0.3, 0.4) is 0 Å². The fourth-order valence-corrected chi connectivity index (χ4v) is 2.72. The molecule has 2 rings (SSSR count). The molecule has 30 heavy (non-hydrogen) atoms. The monoisotopic (exact) mass is 428 g/mol. The van der Waals surface area contributed by atoms with E-state index in [1.807, 2.05) is 0 Å². The molecule has 162 valence electrons. The smallest absolute Gasteiger partial charge is 0.490 e. The van der Waals surface area contributed by atoms with Crippen molar-refractivity contribution in [1.82, 2.24) is 5.32 Å². The summed E-state index contributed by atoms with van der Waals surface area (Å²) in [6.07, 6.45) is -4.64. The van der Waals surface area contributed by atoms with Gasteiger partial charge in [0.05, 0.1) is 12.0 Å². The Balaban J connectivity index is 2.02. The Kier molecular flexibility index (Phi) is 7.59. The van der Waals surface area contributed by atoms with E-state index in [4.69, 9.17) is 4.74 Å². The van der Waals surface area contributed by atoms with E-state index in [-0.39, 0.29) is 42.3 Å². The Morgan fingerprint density at radius 3 is 2.60 bits per heavy atom. The van der Waals surface area contributed by atoms with Gasteiger partial charge in [-0.3, -0.25) is 14.9 Å². The molecule has 11 heteroatoms. The maximum absolute atomic E-state index is 12.3. The number of hydrogen-bond acceptors (Lipinski definition) is 6. The number of methoxy groups -OCH3 is 1. The minimum atomic E-state index is -4.82. The van der Waals surface area contributed by atoms with Gasteiger partial charge in [0, 0.05) is 30.7 Å². The van der Waals surface area contributed by atoms with Gasteiger partial charge in [0.25, 0.3) is 5.91 Å². The number of nitro benzene ring substituents is 1. The van der Waals surface area contributed by atoms with Crippen LogP contribution in [-0.4, -0.2) is 42.6 Å². The standard InChI is InChI=1S/C19H19F3N2O6/c1-29-17-6-5-14(9-16(17)24(27)28)18(26)23-10-13(11-25)7-12-3-2-4-15(8-12)30-19(20,21)22/h2-6,8-9,13,25H,7,10-11H2,1H3,(H,23,26). The van der Waals surface area contributed by atoms with E-state index in [0.29, 0.717) is 5.56 Å². The average molecular weight is 428 g/mol. The number of nitrogens with zero attached hydrogens (tertiary/aromatic N) is 1. The zero-order valence-electron chi connectivity index (χ0n) is 15.8. The minimum absolute atomic E-state index is 0.000480. The maximum atomic E-state index is 12.3. The van der Waals surface area contributed by atoms with Crippen molar-refractivity contribution in [1.29, 1.82) is 0 Å². The zero-order chi connectivity index (χ0) is 22.3. The van der Waals surface area contributed by atoms with Crippen LogP contribution in [0.1, 0.15) is 15.9 Å². The molecular formula is C19H19F3N2O6. The Hall–Kier alpha value is -3.34. The summed E-state index contributed by atoms with van der Waals surface area (Å²) < 4.78 is 45.8. The molecule has 0 aliphatic heterocycles. The molecule has 0 bridgehead atoms. The van der Waals surface area contributed by atoms with Crippen LogP contribution in [-0.2, 0) is 6.42 Å². The number of aliphatic hydroxyl groups excluding tert-OH is 1. The largest absolute Gasteiger partial charge is 0.573 e. The highest BCUT2D eigenvalue weighted by molar-refractivity contribution is 5.95. The van der Waals surface area contributed by atoms with Crippen molar-refractivity contribution < 1.29 is 37.5 Å². The number of carbonyl (C=O) groups is 1. The molecule has 0 heterocycles. The minimum Gasteiger partial charge on any atom is -0.490 e. The van der Waals surface area contributed by atoms with Gasteiger partial charge in [-0.2, -0.15) is 0 Å². The summed E-state index contributed by atoms with van der Waals surface area (Å²) >= 11 is 0. The van der Waals surface area contributed by atoms with Crippen LogP contribution in [0.15, 0.2) is 42.5 Å². The molecular weight excluding hydrogens is 409 g/mol. The summed E-state index contributed by atoms with van der Waals surface area (Å²) in [4.78, 5) is 22.7. The Morgan fingerprint density at radius 1 is 1.27 bits per heavy atom. The van der Waals surface area contributed by atoms with Gasteiger partial charge >= 0.3 is 12.0 Å². The SMILES string of the molecule is COc1ccc(C(=O)NCC(CO)Cc2cccc(OC(F)(F)F)c2)cc1[N+](=O)[O-]. The number of carbonyl (C=O) groups excluding carboxylic acids is 1. The van der Waals surface area contributed by atoms with Crippen molar-refractivity contribution in [3.8, 4) is 11.5 Å². The Bertz CT molecular complexity index is 904. The summed E-state index contributed by atoms with van der Waals surface area (Å²) in [5.74, 6) is -1.48. The average Bonchev–Trinajstić information content (AvgIpc) is 2.69. The molecule has 0 saturated heterocycles. The van der Waals surface area contributed by atoms with E-state index in [9.17, 15) is 33.2 Å². The maximum Gasteiger partial charge on any atom is 0.573 e. The van der Waals surface area contributed by atoms with Gasteiger partial charge in [0.1, 0.15) is 5.75 Å². The highest BCUT2D eigenvalue weighted by atomic mass is 19.4. The van der Waals surface area contributed by atoms with Gasteiger partial charge in [-0.15, -0.1) is 13.2 Å². The normalized spacial score (nSPS) is 12.2. The van der Waals surface area contributed by atoms with Gasteiger partial charge in [-0.05, 0) is 36.2 Å². The van der Waals surface area contributed by atoms with Gasteiger partial charge in [-0.1, -0.05) is 12.1 Å². The third-order valence-corrected chi connectivity index (χ3v) is 4.10. The van der Waals surface area contributed by atoms with Crippen molar-refractivity contribution in [2.24, 2.45) is 5.92 Å². The number of rotatable bonds is 9. The lowest BCUT2D eigenvalue weighted by Crippen LogP contribution is -2.31. The summed E-state index contributed by atoms with van der Waals surface area (Å²) in [5, 5.41) is 23.2. The number of halogens is 3. The first-order valence-electron chi connectivity index (χ1n) is 8.69. The second-order valence-electron chi connectivity index (χ2n) is 6.30. The second-order valence-corrected chi connectivity index (χ2v) is 6.30. The number of amides is 1. The first-order valence-corrected chi connectivity index (χ1v) is 8.69. The fourth-order valence-electron chi connectivity index (χ4n) is 2.72. The number of aliphatic hydroxyl groups is 1. The van der Waals surface area contributed by atoms with Crippen molar-refractivity contribution in [2.75, 3.05) is 20.3 Å². The number of benzene rings is 2. The second kappa shape index (κ2) is 9.92. The highest BCUT2D eigenvalue weighted by Crippen LogP contribution is 2.27. The van der Waals surface area contributed by atoms with Crippen molar-refractivity contribution in [3.05, 3.63) is 63.7 Å². The Labute approximate surface area is 169 Å². The predicted octanol–water partition coefficient (Wildman–Crippen LogP) is 3.08. The summed E-state index contributed by atoms with van der Waals surface area (Å²) in [5.41, 5.74) is 0.134. The van der Waals surface area contributed by atoms with Crippen LogP contribution >= 0.6 is 0 Å². The molecule has 1 unspecified atom stereocenters. The van der Waals surface area contributed by atoms with E-state index >= 15 is 0 Å². The molecule has 2 aromatic carbocycles. The number of ether oxygens (including phenoxy) is 2. The molecule has 1 atom stereocenters. The third kappa shape index (κ3) is 6.62. The van der Waals surface area contributed by atoms with E-state index in [1.54, 1.807) is 6.07 Å². The lowest BCUT2D eigenvalue weighted by molar-refractivity contribution is -0.385. The summed E-state index contributed by atoms with van der Waals surface area (Å²) in [6, 6.07) is 9.03. The number of hydrogen-bond donors (Lipinski definition) is 2. The number of nitro groups is 1. The molecule has 0 aliphatic carbocycles. The van der Waals surface area contributed by atoms with Crippen LogP contribution in [0.4, 0.5) is 18.9 Å². The zero-order valence-corrected chi connectivity index (χ0v) is 15.8. The van der Waals surface area contributed by atoms with Gasteiger partial charge in [0.2, 0.25) is 0 Å². The first kappa shape index (κ1) is 22.9. The molecule has 0 saturated carbocycles. The predicted molar refractivity (Wildman–Crippen MR) is 99.4 cm³/mol. The number of alkyl halides is 3. The van der Waals surface area contributed by atoms with Crippen molar-refractivity contribution >= 4 is 11.6 Å². The van der Waals surface area contributed by atoms with E-state index in [2.05, 4.69) is 10.1 Å². The number of nitrogens with one attached hydrogen (secondary N) is 1. The van der Waals surface area contributed by atoms with Gasteiger partial charge in [-0.25, -0.2) is 0 Å². The summed E-state index contributed by atoms with van der Waals surface area (Å²) in [6.45, 7) is -0.340. The van der Waals surface area contributed by atoms with E-state index in [0.717, 1.165) is 12.1 Å². The quantitative estimate of drug-likeness (QED) is 0.469. The molecule has 0 radical (unpaired) electrons. The molecule has 0 aliphatic rings. The van der Waals surface area contributed by atoms with Crippen molar-refractivity contribution in [3.63, 3.8) is 0 Å². The highest BCUT2D eigenvalue weighted by Gasteiger charge is 2.31. The lowest BCUT2D eigenvalue weighted by Gasteiger charge is -2.16. The molecule has 2 N–H and O–H groups in total. The van der Waals surface area contributed by atoms with Crippen LogP contribution in [0.2, 0.25) is 0 Å². The Morgan fingerprint density at radius 2 is 2.00 bits per heavy atom. The van der Waals surface area contributed by atoms with Gasteiger partial charge < -0.3 is 19.9 Å². The van der Waals surface area contributed by atoms with Gasteiger partial charge in [0.15, 0.2) is 5.75 Å². The van der Waals surface area contributed by atoms with E-state index in [1.165, 1.54) is 31.4 Å². The first-order chi connectivity index (χ1) is 14.1. The van der Waals surface area contributed by atoms with Crippen LogP contribution < -0.4 is 14.8 Å². The van der Waals surface area contributed by atoms with Crippen LogP contribution in [0, 0.1) is 16.0 Å². The molecule has 1 amide bonds. The molecule has 0 aromatic heterocycles. The molecule has 0 spiro atoms. The van der Waals surface area contributed by atoms with Crippen LogP contribution in [0.5, 0.6) is 11.5 Å². The van der Waals surface area contributed by atoms with Crippen LogP contribution in [0.25, 0.3) is 0 Å². The van der Waals surface area contributed by atoms with Crippen molar-refractivity contribution in [2.45, 2.75) is 12.8 Å². The molecule has 2 aromatic rings. The lowest BCUT2D eigenvalue weighted by atomic mass is 9.99. The fraction of sp³-hybridized carbons (Fsp3) is 0.316. The molecule has 8 nitrogen and oxygen atoms in total. The third-order valence-electron chi connectivity index (χ3n) is 4.10. The topological polar surface area (TPSA) is 111 Å². The van der Waals surface area contributed by atoms with E-state index < -0.39 is 23.1 Å². The molecule has 0 fully saturated rings.